The largest absolute Gasteiger partial charge is 0.324 e. The quantitative estimate of drug-likeness (QED) is 0.194. The van der Waals surface area contributed by atoms with Crippen molar-refractivity contribution in [2.24, 2.45) is 0 Å². The molecule has 4 rings (SSSR count). The normalized spacial score (nSPS) is 11.9. The van der Waals surface area contributed by atoms with E-state index in [0.717, 1.165) is 0 Å². The van der Waals surface area contributed by atoms with E-state index in [1.807, 2.05) is 0 Å². The summed E-state index contributed by atoms with van der Waals surface area (Å²) >= 11 is 0. The van der Waals surface area contributed by atoms with Gasteiger partial charge in [-0.25, -0.2) is 19.9 Å². The van der Waals surface area contributed by atoms with Crippen LogP contribution in [0.5, 0.6) is 0 Å². The van der Waals surface area contributed by atoms with Gasteiger partial charge in [0.1, 0.15) is 9.79 Å². The molecule has 0 fully saturated rings. The summed E-state index contributed by atoms with van der Waals surface area (Å²) < 4.78 is 67.6. The van der Waals surface area contributed by atoms with Crippen molar-refractivity contribution >= 4 is 55.7 Å². The molecule has 0 aliphatic heterocycles. The van der Waals surface area contributed by atoms with Crippen LogP contribution < -0.4 is 10.6 Å². The average molecular weight is 527 g/mol. The maximum atomic E-state index is 12.0. The molecule has 0 bridgehead atoms. The smallest absolute Gasteiger partial charge is 0.295 e. The maximum absolute atomic E-state index is 12.0. The van der Waals surface area contributed by atoms with Crippen molar-refractivity contribution in [1.29, 1.82) is 0 Å². The van der Waals surface area contributed by atoms with E-state index < -0.39 is 30.0 Å². The van der Waals surface area contributed by atoms with Gasteiger partial charge in [0.25, 0.3) is 20.2 Å². The van der Waals surface area contributed by atoms with Gasteiger partial charge < -0.3 is 10.6 Å². The number of benzene rings is 2. The number of anilines is 4. The van der Waals surface area contributed by atoms with Crippen LogP contribution in [0.3, 0.4) is 0 Å². The van der Waals surface area contributed by atoms with E-state index in [1.165, 1.54) is 73.3 Å². The highest BCUT2D eigenvalue weighted by Crippen LogP contribution is 2.27. The third kappa shape index (κ3) is 6.25. The lowest BCUT2D eigenvalue weighted by Crippen LogP contribution is -2.04. The Bertz CT molecular complexity index is 1510. The molecule has 0 spiro atoms. The molecule has 12 nitrogen and oxygen atoms in total. The van der Waals surface area contributed by atoms with Crippen molar-refractivity contribution in [3.8, 4) is 0 Å². The number of aromatic nitrogens is 4. The Morgan fingerprint density at radius 1 is 0.611 bits per heavy atom. The molecule has 0 aliphatic carbocycles. The Morgan fingerprint density at radius 2 is 0.972 bits per heavy atom. The van der Waals surface area contributed by atoms with Gasteiger partial charge in [0.15, 0.2) is 0 Å². The summed E-state index contributed by atoms with van der Waals surface area (Å²) in [6, 6.07) is 11.5. The van der Waals surface area contributed by atoms with Crippen LogP contribution in [-0.4, -0.2) is 45.9 Å². The van der Waals surface area contributed by atoms with Crippen molar-refractivity contribution in [3.63, 3.8) is 0 Å². The Hall–Kier alpha value is -4.24. The van der Waals surface area contributed by atoms with Crippen LogP contribution in [0.1, 0.15) is 11.1 Å². The summed E-state index contributed by atoms with van der Waals surface area (Å²) in [7, 11) is -9.31. The van der Waals surface area contributed by atoms with Gasteiger partial charge >= 0.3 is 0 Å². The van der Waals surface area contributed by atoms with Crippen LogP contribution in [0, 0.1) is 0 Å². The molecular weight excluding hydrogens is 508 g/mol. The van der Waals surface area contributed by atoms with Crippen LogP contribution in [0.15, 0.2) is 83.1 Å². The van der Waals surface area contributed by atoms with Gasteiger partial charge in [-0.3, -0.25) is 9.11 Å². The van der Waals surface area contributed by atoms with Crippen LogP contribution >= 0.6 is 0 Å². The van der Waals surface area contributed by atoms with Gasteiger partial charge in [-0.05, 0) is 47.5 Å². The van der Waals surface area contributed by atoms with E-state index in [0.29, 0.717) is 11.4 Å². The first-order chi connectivity index (χ1) is 17.1. The van der Waals surface area contributed by atoms with Gasteiger partial charge in [-0.2, -0.15) is 16.8 Å². The molecule has 0 radical (unpaired) electrons. The number of hydrogen-bond acceptors (Lipinski definition) is 10. The lowest BCUT2D eigenvalue weighted by Gasteiger charge is -2.10. The fourth-order valence-corrected chi connectivity index (χ4v) is 4.53. The minimum absolute atomic E-state index is 0.0678. The minimum Gasteiger partial charge on any atom is -0.324 e. The second kappa shape index (κ2) is 10.2. The van der Waals surface area contributed by atoms with Crippen LogP contribution in [0.25, 0.3) is 12.2 Å². The maximum Gasteiger partial charge on any atom is 0.295 e. The van der Waals surface area contributed by atoms with Crippen LogP contribution in [0.4, 0.5) is 23.3 Å². The van der Waals surface area contributed by atoms with Crippen molar-refractivity contribution in [1.82, 2.24) is 19.9 Å². The molecule has 0 saturated heterocycles. The van der Waals surface area contributed by atoms with Crippen molar-refractivity contribution in [2.45, 2.75) is 9.79 Å². The summed E-state index contributed by atoms with van der Waals surface area (Å²) in [4.78, 5) is 15.1. The van der Waals surface area contributed by atoms with E-state index in [4.69, 9.17) is 0 Å². The molecule has 2 aromatic heterocycles. The van der Waals surface area contributed by atoms with Gasteiger partial charge in [-0.15, -0.1) is 0 Å². The molecule has 36 heavy (non-hydrogen) atoms. The second-order valence-electron chi connectivity index (χ2n) is 7.18. The molecule has 2 heterocycles. The first kappa shape index (κ1) is 24.9. The zero-order chi connectivity index (χ0) is 25.8. The molecule has 2 aromatic carbocycles. The topological polar surface area (TPSA) is 184 Å². The highest BCUT2D eigenvalue weighted by molar-refractivity contribution is 7.86. The van der Waals surface area contributed by atoms with E-state index in [2.05, 4.69) is 30.6 Å². The monoisotopic (exact) mass is 526 g/mol. The third-order valence-corrected chi connectivity index (χ3v) is 6.49. The molecule has 0 amide bonds. The van der Waals surface area contributed by atoms with Gasteiger partial charge in [0, 0.05) is 36.2 Å². The van der Waals surface area contributed by atoms with E-state index >= 15 is 0 Å². The van der Waals surface area contributed by atoms with Gasteiger partial charge in [0.05, 0.1) is 0 Å². The molecule has 0 atom stereocenters. The summed E-state index contributed by atoms with van der Waals surface area (Å²) in [5.74, 6) is 0.434. The number of rotatable bonds is 8. The first-order valence-corrected chi connectivity index (χ1v) is 13.0. The Morgan fingerprint density at radius 3 is 1.31 bits per heavy atom. The van der Waals surface area contributed by atoms with E-state index in [9.17, 15) is 25.9 Å². The van der Waals surface area contributed by atoms with Crippen LogP contribution in [0.2, 0.25) is 0 Å². The third-order valence-electron chi connectivity index (χ3n) is 4.67. The summed E-state index contributed by atoms with van der Waals surface area (Å²) in [5, 5.41) is 5.64. The standard InChI is InChI=1S/C22H18N6O6S2/c29-35(30,31)19-13-17(27-21-23-9-1-10-24-21)7-5-15(19)3-4-16-6-8-18(14-20(16)36(32,33)34)28-22-25-11-2-12-26-22/h1-14H,(H,23,24,27)(H,25,26,28)(H,29,30,31)(H,32,33,34). The molecule has 4 N–H and O–H groups in total. The Labute approximate surface area is 206 Å². The lowest BCUT2D eigenvalue weighted by atomic mass is 10.1. The first-order valence-electron chi connectivity index (χ1n) is 10.1. The minimum atomic E-state index is -4.66. The summed E-state index contributed by atoms with van der Waals surface area (Å²) in [6.45, 7) is 0. The second-order valence-corrected chi connectivity index (χ2v) is 9.96. The highest BCUT2D eigenvalue weighted by atomic mass is 32.2. The fraction of sp³-hybridized carbons (Fsp3) is 0. The molecule has 0 unspecified atom stereocenters. The van der Waals surface area contributed by atoms with E-state index in [-0.39, 0.29) is 23.0 Å². The number of nitrogens with one attached hydrogen (secondary N) is 2. The number of hydrogen-bond donors (Lipinski definition) is 4. The average Bonchev–Trinajstić information content (AvgIpc) is 2.84. The van der Waals surface area contributed by atoms with Gasteiger partial charge in [0.2, 0.25) is 11.9 Å². The zero-order valence-corrected chi connectivity index (χ0v) is 19.8. The number of nitrogens with zero attached hydrogens (tertiary/aromatic N) is 4. The molecule has 0 saturated carbocycles. The van der Waals surface area contributed by atoms with Crippen molar-refractivity contribution in [2.75, 3.05) is 10.6 Å². The highest BCUT2D eigenvalue weighted by Gasteiger charge is 2.18. The van der Waals surface area contributed by atoms with E-state index in [1.54, 1.807) is 12.1 Å². The predicted molar refractivity (Wildman–Crippen MR) is 132 cm³/mol. The summed E-state index contributed by atoms with van der Waals surface area (Å²) in [5.41, 5.74) is 0.725. The molecule has 184 valence electrons. The SMILES string of the molecule is O=S(=O)(O)c1cc(Nc2ncccn2)ccc1C=Cc1ccc(Nc2ncccn2)cc1S(=O)(=O)O. The van der Waals surface area contributed by atoms with Crippen LogP contribution in [-0.2, 0) is 20.2 Å². The molecule has 4 aromatic rings. The Kier molecular flexibility index (Phi) is 7.03. The Balaban J connectivity index is 1.68. The molecule has 14 heteroatoms. The fourth-order valence-electron chi connectivity index (χ4n) is 3.11. The van der Waals surface area contributed by atoms with Gasteiger partial charge in [-0.1, -0.05) is 24.3 Å². The van der Waals surface area contributed by atoms with Crippen molar-refractivity contribution in [3.05, 3.63) is 84.4 Å². The molecular formula is C22H18N6O6S2. The van der Waals surface area contributed by atoms with Crippen molar-refractivity contribution < 1.29 is 25.9 Å². The zero-order valence-electron chi connectivity index (χ0n) is 18.2. The predicted octanol–water partition coefficient (Wildman–Crippen LogP) is 3.42. The summed E-state index contributed by atoms with van der Waals surface area (Å²) in [6.07, 6.45) is 8.58. The lowest BCUT2D eigenvalue weighted by molar-refractivity contribution is 0.480. The molecule has 0 aliphatic rings.